The van der Waals surface area contributed by atoms with Crippen molar-refractivity contribution in [2.24, 2.45) is 0 Å². The molecule has 0 fully saturated rings. The summed E-state index contributed by atoms with van der Waals surface area (Å²) >= 11 is 11.8. The summed E-state index contributed by atoms with van der Waals surface area (Å²) in [5.41, 5.74) is 3.06. The Kier molecular flexibility index (Phi) is 8.24. The number of hydrogen-bond donors (Lipinski definition) is 0. The molecule has 0 bridgehead atoms. The van der Waals surface area contributed by atoms with E-state index in [0.717, 1.165) is 23.1 Å². The summed E-state index contributed by atoms with van der Waals surface area (Å²) in [6.45, 7) is 0.517. The van der Waals surface area contributed by atoms with Gasteiger partial charge in [-0.05, 0) is 41.7 Å². The molecule has 2 aromatic rings. The topological polar surface area (TPSA) is 48.0 Å². The number of carbonyl (C=O) groups is 1. The van der Waals surface area contributed by atoms with Crippen molar-refractivity contribution in [2.45, 2.75) is 36.4 Å². The molecule has 0 aromatic heterocycles. The highest BCUT2D eigenvalue weighted by Crippen LogP contribution is 2.37. The first-order chi connectivity index (χ1) is 14.9. The van der Waals surface area contributed by atoms with Crippen molar-refractivity contribution in [1.82, 2.24) is 4.90 Å². The minimum Gasteiger partial charge on any atom is -0.493 e. The van der Waals surface area contributed by atoms with E-state index in [2.05, 4.69) is 6.08 Å². The lowest BCUT2D eigenvalue weighted by molar-refractivity contribution is -0.129. The van der Waals surface area contributed by atoms with Crippen LogP contribution in [0.5, 0.6) is 11.5 Å². The average molecular weight is 464 g/mol. The van der Waals surface area contributed by atoms with Crippen LogP contribution in [0.2, 0.25) is 0 Å². The van der Waals surface area contributed by atoms with E-state index in [4.69, 9.17) is 37.4 Å². The van der Waals surface area contributed by atoms with Crippen molar-refractivity contribution < 1.29 is 19.0 Å². The van der Waals surface area contributed by atoms with Crippen molar-refractivity contribution >= 4 is 34.7 Å². The lowest BCUT2D eigenvalue weighted by Gasteiger charge is -2.36. The van der Waals surface area contributed by atoms with E-state index < -0.39 is 4.84 Å². The second-order valence-corrected chi connectivity index (χ2v) is 8.48. The Morgan fingerprint density at radius 1 is 1.10 bits per heavy atom. The predicted octanol–water partition coefficient (Wildman–Crippen LogP) is 5.10. The molecule has 0 aliphatic heterocycles. The highest BCUT2D eigenvalue weighted by atomic mass is 35.5. The van der Waals surface area contributed by atoms with Crippen LogP contribution in [0.3, 0.4) is 0 Å². The van der Waals surface area contributed by atoms with Gasteiger partial charge in [0.25, 0.3) is 5.91 Å². The van der Waals surface area contributed by atoms with Crippen molar-refractivity contribution in [3.05, 3.63) is 65.7 Å². The fourth-order valence-corrected chi connectivity index (χ4v) is 4.10. The standard InChI is InChI=1S/C24H27Cl2NO4/c1-27(24(28)23(25)26)20-14-18(31-15-16-7-5-4-6-8-16)10-11-19(20)17-9-12-21(29-2)22(13-17)30-3/h4-9,11-13,18,20,23H,10,14-15H2,1-3H3/t18-,20+/m0/s1. The van der Waals surface area contributed by atoms with E-state index >= 15 is 0 Å². The molecule has 1 amide bonds. The van der Waals surface area contributed by atoms with Crippen LogP contribution in [0.25, 0.3) is 5.57 Å². The van der Waals surface area contributed by atoms with Gasteiger partial charge in [-0.25, -0.2) is 0 Å². The largest absolute Gasteiger partial charge is 0.493 e. The third-order valence-corrected chi connectivity index (χ3v) is 5.87. The van der Waals surface area contributed by atoms with E-state index in [-0.39, 0.29) is 18.1 Å². The minimum atomic E-state index is -1.12. The molecule has 3 rings (SSSR count). The average Bonchev–Trinajstić information content (AvgIpc) is 2.81. The summed E-state index contributed by atoms with van der Waals surface area (Å²) in [6.07, 6.45) is 3.45. The Morgan fingerprint density at radius 2 is 1.81 bits per heavy atom. The second kappa shape index (κ2) is 10.9. The lowest BCUT2D eigenvalue weighted by Crippen LogP contribution is -2.44. The molecule has 0 unspecified atom stereocenters. The molecule has 7 heteroatoms. The Hall–Kier alpha value is -2.21. The van der Waals surface area contributed by atoms with Crippen LogP contribution in [0.4, 0.5) is 0 Å². The molecular weight excluding hydrogens is 437 g/mol. The van der Waals surface area contributed by atoms with E-state index in [1.807, 2.05) is 48.5 Å². The van der Waals surface area contributed by atoms with Gasteiger partial charge in [0.2, 0.25) is 0 Å². The van der Waals surface area contributed by atoms with Gasteiger partial charge < -0.3 is 19.1 Å². The summed E-state index contributed by atoms with van der Waals surface area (Å²) in [7, 11) is 4.92. The number of likely N-dealkylation sites (N-methyl/N-ethyl adjacent to an activating group) is 1. The van der Waals surface area contributed by atoms with Gasteiger partial charge in [0, 0.05) is 7.05 Å². The number of rotatable bonds is 8. The zero-order valence-electron chi connectivity index (χ0n) is 17.9. The fourth-order valence-electron chi connectivity index (χ4n) is 3.79. The van der Waals surface area contributed by atoms with Gasteiger partial charge in [0.1, 0.15) is 0 Å². The van der Waals surface area contributed by atoms with Gasteiger partial charge in [-0.3, -0.25) is 4.79 Å². The van der Waals surface area contributed by atoms with E-state index in [0.29, 0.717) is 24.5 Å². The summed E-state index contributed by atoms with van der Waals surface area (Å²) in [5, 5.41) is 0. The smallest absolute Gasteiger partial charge is 0.256 e. The molecule has 166 valence electrons. The van der Waals surface area contributed by atoms with Crippen LogP contribution >= 0.6 is 23.2 Å². The Bertz CT molecular complexity index is 917. The molecule has 0 saturated heterocycles. The predicted molar refractivity (Wildman–Crippen MR) is 124 cm³/mol. The number of carbonyl (C=O) groups excluding carboxylic acids is 1. The number of halogens is 2. The Labute approximate surface area is 193 Å². The maximum Gasteiger partial charge on any atom is 0.256 e. The number of methoxy groups -OCH3 is 2. The molecule has 1 aliphatic carbocycles. The summed E-state index contributed by atoms with van der Waals surface area (Å²) < 4.78 is 17.0. The number of nitrogens with zero attached hydrogens (tertiary/aromatic N) is 1. The van der Waals surface area contributed by atoms with Crippen LogP contribution in [-0.2, 0) is 16.1 Å². The van der Waals surface area contributed by atoms with Crippen LogP contribution in [0, 0.1) is 0 Å². The number of hydrogen-bond acceptors (Lipinski definition) is 4. The molecular formula is C24H27Cl2NO4. The van der Waals surface area contributed by atoms with E-state index in [1.54, 1.807) is 26.2 Å². The number of amides is 1. The quantitative estimate of drug-likeness (QED) is 0.511. The maximum absolute atomic E-state index is 12.6. The fraction of sp³-hybridized carbons (Fsp3) is 0.375. The Morgan fingerprint density at radius 3 is 2.45 bits per heavy atom. The minimum absolute atomic E-state index is 0.0338. The van der Waals surface area contributed by atoms with Crippen molar-refractivity contribution in [2.75, 3.05) is 21.3 Å². The van der Waals surface area contributed by atoms with E-state index in [9.17, 15) is 4.79 Å². The molecule has 0 N–H and O–H groups in total. The molecule has 2 atom stereocenters. The highest BCUT2D eigenvalue weighted by molar-refractivity contribution is 6.53. The molecule has 2 aromatic carbocycles. The molecule has 31 heavy (non-hydrogen) atoms. The third-order valence-electron chi connectivity index (χ3n) is 5.49. The highest BCUT2D eigenvalue weighted by Gasteiger charge is 2.33. The first-order valence-corrected chi connectivity index (χ1v) is 10.9. The lowest BCUT2D eigenvalue weighted by atomic mass is 9.86. The van der Waals surface area contributed by atoms with Crippen molar-refractivity contribution in [3.8, 4) is 11.5 Å². The molecule has 0 radical (unpaired) electrons. The number of benzene rings is 2. The molecule has 0 saturated carbocycles. The normalized spacial score (nSPS) is 18.5. The van der Waals surface area contributed by atoms with Crippen LogP contribution < -0.4 is 9.47 Å². The van der Waals surface area contributed by atoms with Crippen LogP contribution in [0.15, 0.2) is 54.6 Å². The molecule has 0 heterocycles. The van der Waals surface area contributed by atoms with Crippen LogP contribution in [-0.4, -0.2) is 49.1 Å². The zero-order valence-corrected chi connectivity index (χ0v) is 19.4. The van der Waals surface area contributed by atoms with E-state index in [1.165, 1.54) is 0 Å². The molecule has 1 aliphatic rings. The van der Waals surface area contributed by atoms with Gasteiger partial charge in [0.05, 0.1) is 33.0 Å². The molecule has 0 spiro atoms. The van der Waals surface area contributed by atoms with Gasteiger partial charge in [0.15, 0.2) is 16.3 Å². The summed E-state index contributed by atoms with van der Waals surface area (Å²) in [6, 6.07) is 15.5. The van der Waals surface area contributed by atoms with Crippen molar-refractivity contribution in [3.63, 3.8) is 0 Å². The van der Waals surface area contributed by atoms with Gasteiger partial charge in [-0.2, -0.15) is 0 Å². The number of ether oxygens (including phenoxy) is 3. The second-order valence-electron chi connectivity index (χ2n) is 7.38. The first-order valence-electron chi connectivity index (χ1n) is 10.1. The Balaban J connectivity index is 1.86. The van der Waals surface area contributed by atoms with Crippen LogP contribution in [0.1, 0.15) is 24.0 Å². The maximum atomic E-state index is 12.6. The number of alkyl halides is 2. The SMILES string of the molecule is COc1ccc(C2=CC[C@H](OCc3ccccc3)C[C@H]2N(C)C(=O)C(Cl)Cl)cc1OC. The van der Waals surface area contributed by atoms with Gasteiger partial charge >= 0.3 is 0 Å². The van der Waals surface area contributed by atoms with Gasteiger partial charge in [-0.15, -0.1) is 0 Å². The third kappa shape index (κ3) is 5.73. The summed E-state index contributed by atoms with van der Waals surface area (Å²) in [4.78, 5) is 13.1. The first kappa shape index (κ1) is 23.5. The zero-order chi connectivity index (χ0) is 22.4. The summed E-state index contributed by atoms with van der Waals surface area (Å²) in [5.74, 6) is 0.932. The van der Waals surface area contributed by atoms with Crippen molar-refractivity contribution in [1.29, 1.82) is 0 Å². The van der Waals surface area contributed by atoms with Gasteiger partial charge in [-0.1, -0.05) is 65.7 Å². The monoisotopic (exact) mass is 463 g/mol. The molecule has 5 nitrogen and oxygen atoms in total.